The molecular formula is C24H34N2O2. The first-order valence-electron chi connectivity index (χ1n) is 10.5. The van der Waals surface area contributed by atoms with Crippen molar-refractivity contribution in [3.8, 4) is 0 Å². The number of para-hydroxylation sites is 1. The summed E-state index contributed by atoms with van der Waals surface area (Å²) in [7, 11) is 1.84. The zero-order valence-corrected chi connectivity index (χ0v) is 17.9. The molecule has 2 aliphatic rings. The zero-order valence-electron chi connectivity index (χ0n) is 17.9. The van der Waals surface area contributed by atoms with Crippen molar-refractivity contribution in [3.05, 3.63) is 42.0 Å². The van der Waals surface area contributed by atoms with E-state index in [1.54, 1.807) is 4.90 Å². The molecule has 2 atom stereocenters. The Morgan fingerprint density at radius 1 is 1.07 bits per heavy atom. The van der Waals surface area contributed by atoms with Crippen LogP contribution in [-0.4, -0.2) is 29.3 Å². The quantitative estimate of drug-likeness (QED) is 0.727. The van der Waals surface area contributed by atoms with E-state index in [4.69, 9.17) is 0 Å². The molecule has 4 heteroatoms. The highest BCUT2D eigenvalue weighted by molar-refractivity contribution is 6.01. The van der Waals surface area contributed by atoms with E-state index in [0.717, 1.165) is 37.8 Å². The molecule has 1 N–H and O–H groups in total. The SMILES string of the molecule is CC(C)=C[C@@H]1[C@H](C(=O)N(C)C2(C(=O)Nc3ccccc3)CCCCC2)C1(C)C. The highest BCUT2D eigenvalue weighted by Crippen LogP contribution is 2.60. The van der Waals surface area contributed by atoms with Crippen LogP contribution in [0.1, 0.15) is 59.8 Å². The van der Waals surface area contributed by atoms with Gasteiger partial charge in [0.2, 0.25) is 11.8 Å². The lowest BCUT2D eigenvalue weighted by molar-refractivity contribution is -0.147. The Bertz CT molecular complexity index is 756. The van der Waals surface area contributed by atoms with Crippen LogP contribution in [0.2, 0.25) is 0 Å². The van der Waals surface area contributed by atoms with Gasteiger partial charge in [-0.1, -0.05) is 63.0 Å². The van der Waals surface area contributed by atoms with E-state index < -0.39 is 5.54 Å². The second kappa shape index (κ2) is 7.73. The van der Waals surface area contributed by atoms with E-state index in [0.29, 0.717) is 0 Å². The summed E-state index contributed by atoms with van der Waals surface area (Å²) in [6, 6.07) is 9.54. The topological polar surface area (TPSA) is 49.4 Å². The molecule has 1 aromatic rings. The van der Waals surface area contributed by atoms with Crippen LogP contribution in [0.4, 0.5) is 5.69 Å². The lowest BCUT2D eigenvalue weighted by atomic mass is 9.79. The second-order valence-corrected chi connectivity index (χ2v) is 9.38. The molecule has 28 heavy (non-hydrogen) atoms. The molecule has 4 nitrogen and oxygen atoms in total. The molecule has 0 aliphatic heterocycles. The Hall–Kier alpha value is -2.10. The third kappa shape index (κ3) is 3.74. The van der Waals surface area contributed by atoms with Crippen molar-refractivity contribution < 1.29 is 9.59 Å². The van der Waals surface area contributed by atoms with Gasteiger partial charge in [-0.05, 0) is 50.2 Å². The minimum Gasteiger partial charge on any atom is -0.331 e. The van der Waals surface area contributed by atoms with Gasteiger partial charge in [-0.3, -0.25) is 9.59 Å². The zero-order chi connectivity index (χ0) is 20.5. The lowest BCUT2D eigenvalue weighted by Crippen LogP contribution is -2.59. The standard InChI is InChI=1S/C24H34N2O2/c1-17(2)16-19-20(23(19,3)4)21(27)26(5)24(14-10-7-11-15-24)22(28)25-18-12-8-6-9-13-18/h6,8-9,12-13,16,19-20H,7,10-11,14-15H2,1-5H3,(H,25,28)/t19-,20-/m1/s1. The van der Waals surface area contributed by atoms with Gasteiger partial charge in [0, 0.05) is 12.7 Å². The molecule has 0 saturated heterocycles. The molecule has 0 unspecified atom stereocenters. The fourth-order valence-electron chi connectivity index (χ4n) is 4.86. The first-order valence-corrected chi connectivity index (χ1v) is 10.5. The van der Waals surface area contributed by atoms with E-state index in [9.17, 15) is 9.59 Å². The number of rotatable bonds is 5. The van der Waals surface area contributed by atoms with Crippen LogP contribution in [0.5, 0.6) is 0 Å². The van der Waals surface area contributed by atoms with Crippen molar-refractivity contribution in [2.24, 2.45) is 17.3 Å². The number of likely N-dealkylation sites (N-methyl/N-ethyl adjacent to an activating group) is 1. The van der Waals surface area contributed by atoms with Gasteiger partial charge in [-0.15, -0.1) is 0 Å². The highest BCUT2D eigenvalue weighted by atomic mass is 16.2. The van der Waals surface area contributed by atoms with Crippen molar-refractivity contribution in [3.63, 3.8) is 0 Å². The van der Waals surface area contributed by atoms with Crippen LogP contribution in [0.25, 0.3) is 0 Å². The van der Waals surface area contributed by atoms with Gasteiger partial charge in [0.05, 0.1) is 5.92 Å². The summed E-state index contributed by atoms with van der Waals surface area (Å²) in [6.45, 7) is 8.47. The van der Waals surface area contributed by atoms with Crippen molar-refractivity contribution in [1.82, 2.24) is 4.90 Å². The van der Waals surface area contributed by atoms with E-state index in [1.807, 2.05) is 37.4 Å². The molecule has 1 aromatic carbocycles. The molecule has 2 amide bonds. The van der Waals surface area contributed by atoms with Crippen molar-refractivity contribution >= 4 is 17.5 Å². The number of benzene rings is 1. The van der Waals surface area contributed by atoms with Crippen LogP contribution >= 0.6 is 0 Å². The monoisotopic (exact) mass is 382 g/mol. The first kappa shape index (κ1) is 20.6. The van der Waals surface area contributed by atoms with Gasteiger partial charge in [-0.25, -0.2) is 0 Å². The van der Waals surface area contributed by atoms with Crippen molar-refractivity contribution in [1.29, 1.82) is 0 Å². The summed E-state index contributed by atoms with van der Waals surface area (Å²) in [5.74, 6) is 0.269. The molecule has 0 bridgehead atoms. The van der Waals surface area contributed by atoms with E-state index in [-0.39, 0.29) is 29.1 Å². The predicted molar refractivity (Wildman–Crippen MR) is 114 cm³/mol. The Morgan fingerprint density at radius 2 is 1.68 bits per heavy atom. The number of hydrogen-bond acceptors (Lipinski definition) is 2. The Morgan fingerprint density at radius 3 is 2.25 bits per heavy atom. The number of hydrogen-bond donors (Lipinski definition) is 1. The third-order valence-corrected chi connectivity index (χ3v) is 6.80. The maximum absolute atomic E-state index is 13.5. The average Bonchev–Trinajstić information content (AvgIpc) is 3.20. The predicted octanol–water partition coefficient (Wildman–Crippen LogP) is 5.02. The number of allylic oxidation sites excluding steroid dienone is 2. The number of anilines is 1. The van der Waals surface area contributed by atoms with Crippen molar-refractivity contribution in [2.45, 2.75) is 65.3 Å². The van der Waals surface area contributed by atoms with Gasteiger partial charge < -0.3 is 10.2 Å². The minimum absolute atomic E-state index is 0.0456. The van der Waals surface area contributed by atoms with Gasteiger partial charge in [0.25, 0.3) is 0 Å². The van der Waals surface area contributed by atoms with E-state index in [2.05, 4.69) is 39.1 Å². The number of amides is 2. The minimum atomic E-state index is -0.751. The molecule has 0 radical (unpaired) electrons. The second-order valence-electron chi connectivity index (χ2n) is 9.38. The molecule has 0 aromatic heterocycles. The maximum atomic E-state index is 13.5. The summed E-state index contributed by atoms with van der Waals surface area (Å²) >= 11 is 0. The summed E-state index contributed by atoms with van der Waals surface area (Å²) in [4.78, 5) is 28.7. The smallest absolute Gasteiger partial charge is 0.250 e. The molecular weight excluding hydrogens is 348 g/mol. The first-order chi connectivity index (χ1) is 13.2. The molecule has 0 spiro atoms. The Labute approximate surface area is 169 Å². The Kier molecular flexibility index (Phi) is 5.69. The lowest BCUT2D eigenvalue weighted by Gasteiger charge is -2.43. The fraction of sp³-hybridized carbons (Fsp3) is 0.583. The molecule has 2 saturated carbocycles. The van der Waals surface area contributed by atoms with Crippen LogP contribution in [0, 0.1) is 17.3 Å². The number of carbonyl (C=O) groups is 2. The Balaban J connectivity index is 1.84. The van der Waals surface area contributed by atoms with Crippen LogP contribution < -0.4 is 5.32 Å². The third-order valence-electron chi connectivity index (χ3n) is 6.80. The summed E-state index contributed by atoms with van der Waals surface area (Å²) in [6.07, 6.45) is 6.75. The molecule has 3 rings (SSSR count). The van der Waals surface area contributed by atoms with Crippen molar-refractivity contribution in [2.75, 3.05) is 12.4 Å². The normalized spacial score (nSPS) is 24.8. The van der Waals surface area contributed by atoms with Crippen LogP contribution in [-0.2, 0) is 9.59 Å². The fourth-order valence-corrected chi connectivity index (χ4v) is 4.86. The number of nitrogens with zero attached hydrogens (tertiary/aromatic N) is 1. The molecule has 2 aliphatic carbocycles. The van der Waals surface area contributed by atoms with Gasteiger partial charge in [0.15, 0.2) is 0 Å². The van der Waals surface area contributed by atoms with Gasteiger partial charge >= 0.3 is 0 Å². The van der Waals surface area contributed by atoms with E-state index in [1.165, 1.54) is 5.57 Å². The summed E-state index contributed by atoms with van der Waals surface area (Å²) in [5, 5.41) is 3.07. The largest absolute Gasteiger partial charge is 0.331 e. The number of nitrogens with one attached hydrogen (secondary N) is 1. The highest BCUT2D eigenvalue weighted by Gasteiger charge is 2.62. The summed E-state index contributed by atoms with van der Waals surface area (Å²) in [5.41, 5.74) is 1.23. The van der Waals surface area contributed by atoms with Crippen LogP contribution in [0.3, 0.4) is 0 Å². The van der Waals surface area contributed by atoms with Gasteiger partial charge in [0.1, 0.15) is 5.54 Å². The molecule has 152 valence electrons. The maximum Gasteiger partial charge on any atom is 0.250 e. The molecule has 0 heterocycles. The average molecular weight is 383 g/mol. The number of carbonyl (C=O) groups excluding carboxylic acids is 2. The molecule has 2 fully saturated rings. The summed E-state index contributed by atoms with van der Waals surface area (Å²) < 4.78 is 0. The van der Waals surface area contributed by atoms with E-state index >= 15 is 0 Å². The van der Waals surface area contributed by atoms with Gasteiger partial charge in [-0.2, -0.15) is 0 Å². The van der Waals surface area contributed by atoms with Crippen LogP contribution in [0.15, 0.2) is 42.0 Å².